The van der Waals surface area contributed by atoms with E-state index in [-0.39, 0.29) is 0 Å². The van der Waals surface area contributed by atoms with Crippen LogP contribution in [0.5, 0.6) is 0 Å². The Kier molecular flexibility index (Phi) is 4.39. The summed E-state index contributed by atoms with van der Waals surface area (Å²) in [6, 6.07) is 6.17. The third kappa shape index (κ3) is 2.92. The molecule has 0 spiro atoms. The summed E-state index contributed by atoms with van der Waals surface area (Å²) in [5.41, 5.74) is 3.35. The van der Waals surface area contributed by atoms with Crippen LogP contribution < -0.4 is 5.32 Å². The van der Waals surface area contributed by atoms with Crippen molar-refractivity contribution < 1.29 is 0 Å². The predicted octanol–water partition coefficient (Wildman–Crippen LogP) is 3.33. The van der Waals surface area contributed by atoms with Gasteiger partial charge < -0.3 is 5.32 Å². The van der Waals surface area contributed by atoms with Crippen LogP contribution in [0.2, 0.25) is 5.02 Å². The van der Waals surface area contributed by atoms with Gasteiger partial charge in [0, 0.05) is 29.9 Å². The van der Waals surface area contributed by atoms with Crippen molar-refractivity contribution >= 4 is 11.6 Å². The molecule has 2 rings (SSSR count). The molecule has 0 amide bonds. The normalized spacial score (nSPS) is 10.8. The summed E-state index contributed by atoms with van der Waals surface area (Å²) in [4.78, 5) is 0. The number of nitrogens with one attached hydrogen (secondary N) is 1. The second kappa shape index (κ2) is 6.03. The van der Waals surface area contributed by atoms with Crippen molar-refractivity contribution in [3.63, 3.8) is 0 Å². The molecule has 0 radical (unpaired) electrons. The first-order chi connectivity index (χ1) is 8.74. The average molecular weight is 264 g/mol. The van der Waals surface area contributed by atoms with Crippen molar-refractivity contribution in [3.05, 3.63) is 41.2 Å². The standard InChI is InChI=1S/C14H18ClN3/c1-3-16-8-12-6-5-11(7-14(12)15)13-9-17-18(4-2)10-13/h5-7,9-10,16H,3-4,8H2,1-2H3. The summed E-state index contributed by atoms with van der Waals surface area (Å²) < 4.78 is 1.91. The Morgan fingerprint density at radius 1 is 1.28 bits per heavy atom. The predicted molar refractivity (Wildman–Crippen MR) is 75.7 cm³/mol. The molecule has 1 heterocycles. The van der Waals surface area contributed by atoms with Crippen LogP contribution in [0.15, 0.2) is 30.6 Å². The molecule has 96 valence electrons. The molecular formula is C14H18ClN3. The summed E-state index contributed by atoms with van der Waals surface area (Å²) in [7, 11) is 0. The van der Waals surface area contributed by atoms with E-state index in [2.05, 4.69) is 36.4 Å². The number of hydrogen-bond donors (Lipinski definition) is 1. The number of hydrogen-bond acceptors (Lipinski definition) is 2. The van der Waals surface area contributed by atoms with Gasteiger partial charge in [-0.2, -0.15) is 5.10 Å². The fraction of sp³-hybridized carbons (Fsp3) is 0.357. The first kappa shape index (κ1) is 13.1. The highest BCUT2D eigenvalue weighted by Crippen LogP contribution is 2.25. The number of halogens is 1. The van der Waals surface area contributed by atoms with Gasteiger partial charge in [0.1, 0.15) is 0 Å². The molecule has 1 N–H and O–H groups in total. The lowest BCUT2D eigenvalue weighted by Crippen LogP contribution is -2.11. The van der Waals surface area contributed by atoms with E-state index in [0.717, 1.165) is 41.3 Å². The zero-order valence-electron chi connectivity index (χ0n) is 10.8. The Morgan fingerprint density at radius 2 is 2.11 bits per heavy atom. The smallest absolute Gasteiger partial charge is 0.0568 e. The van der Waals surface area contributed by atoms with Gasteiger partial charge >= 0.3 is 0 Å². The molecule has 3 nitrogen and oxygen atoms in total. The molecule has 0 atom stereocenters. The minimum absolute atomic E-state index is 0.803. The third-order valence-corrected chi connectivity index (χ3v) is 3.26. The van der Waals surface area contributed by atoms with Crippen LogP contribution in [-0.2, 0) is 13.1 Å². The van der Waals surface area contributed by atoms with Crippen LogP contribution in [0.1, 0.15) is 19.4 Å². The van der Waals surface area contributed by atoms with E-state index >= 15 is 0 Å². The van der Waals surface area contributed by atoms with Crippen molar-refractivity contribution in [1.82, 2.24) is 15.1 Å². The molecule has 1 aromatic heterocycles. The SMILES string of the molecule is CCNCc1ccc(-c2cnn(CC)c2)cc1Cl. The van der Waals surface area contributed by atoms with Crippen molar-refractivity contribution in [2.45, 2.75) is 26.9 Å². The van der Waals surface area contributed by atoms with Gasteiger partial charge in [0.05, 0.1) is 6.20 Å². The summed E-state index contributed by atoms with van der Waals surface area (Å²) in [6.07, 6.45) is 3.91. The molecular weight excluding hydrogens is 246 g/mol. The van der Waals surface area contributed by atoms with E-state index in [9.17, 15) is 0 Å². The molecule has 0 aliphatic rings. The molecule has 0 aliphatic heterocycles. The quantitative estimate of drug-likeness (QED) is 0.897. The highest BCUT2D eigenvalue weighted by Gasteiger charge is 2.05. The van der Waals surface area contributed by atoms with Gasteiger partial charge in [0.15, 0.2) is 0 Å². The van der Waals surface area contributed by atoms with E-state index in [1.54, 1.807) is 0 Å². The van der Waals surface area contributed by atoms with Crippen molar-refractivity contribution in [2.24, 2.45) is 0 Å². The lowest BCUT2D eigenvalue weighted by Gasteiger charge is -2.06. The number of rotatable bonds is 5. The van der Waals surface area contributed by atoms with Gasteiger partial charge in [-0.15, -0.1) is 0 Å². The Bertz CT molecular complexity index is 520. The Morgan fingerprint density at radius 3 is 2.72 bits per heavy atom. The summed E-state index contributed by atoms with van der Waals surface area (Å²) in [5, 5.41) is 8.35. The molecule has 4 heteroatoms. The molecule has 0 saturated carbocycles. The van der Waals surface area contributed by atoms with E-state index in [1.165, 1.54) is 0 Å². The molecule has 0 fully saturated rings. The fourth-order valence-corrected chi connectivity index (χ4v) is 2.06. The zero-order chi connectivity index (χ0) is 13.0. The van der Waals surface area contributed by atoms with Crippen molar-refractivity contribution in [3.8, 4) is 11.1 Å². The number of aromatic nitrogens is 2. The first-order valence-electron chi connectivity index (χ1n) is 6.26. The van der Waals surface area contributed by atoms with Gasteiger partial charge in [-0.1, -0.05) is 30.7 Å². The second-order valence-corrected chi connectivity index (χ2v) is 4.58. The fourth-order valence-electron chi connectivity index (χ4n) is 1.82. The minimum Gasteiger partial charge on any atom is -0.313 e. The Balaban J connectivity index is 2.22. The number of aryl methyl sites for hydroxylation is 1. The molecule has 0 unspecified atom stereocenters. The number of benzene rings is 1. The monoisotopic (exact) mass is 263 g/mol. The maximum absolute atomic E-state index is 6.29. The molecule has 1 aromatic carbocycles. The van der Waals surface area contributed by atoms with Crippen LogP contribution in [0.3, 0.4) is 0 Å². The summed E-state index contributed by atoms with van der Waals surface area (Å²) in [6.45, 7) is 6.79. The molecule has 0 aliphatic carbocycles. The average Bonchev–Trinajstić information content (AvgIpc) is 2.86. The first-order valence-corrected chi connectivity index (χ1v) is 6.64. The minimum atomic E-state index is 0.803. The maximum Gasteiger partial charge on any atom is 0.0568 e. The van der Waals surface area contributed by atoms with E-state index in [1.807, 2.05) is 23.1 Å². The Labute approximate surface area is 113 Å². The number of nitrogens with zero attached hydrogens (tertiary/aromatic N) is 2. The van der Waals surface area contributed by atoms with E-state index in [0.29, 0.717) is 0 Å². The molecule has 0 bridgehead atoms. The van der Waals surface area contributed by atoms with Crippen molar-refractivity contribution in [1.29, 1.82) is 0 Å². The maximum atomic E-state index is 6.29. The van der Waals surface area contributed by atoms with Crippen molar-refractivity contribution in [2.75, 3.05) is 6.54 Å². The van der Waals surface area contributed by atoms with Gasteiger partial charge in [-0.25, -0.2) is 0 Å². The highest BCUT2D eigenvalue weighted by molar-refractivity contribution is 6.31. The van der Waals surface area contributed by atoms with Crippen LogP contribution in [0.25, 0.3) is 11.1 Å². The van der Waals surface area contributed by atoms with Crippen LogP contribution >= 0.6 is 11.6 Å². The topological polar surface area (TPSA) is 29.9 Å². The molecule has 18 heavy (non-hydrogen) atoms. The largest absolute Gasteiger partial charge is 0.313 e. The summed E-state index contributed by atoms with van der Waals surface area (Å²) in [5.74, 6) is 0. The lowest BCUT2D eigenvalue weighted by molar-refractivity contribution is 0.660. The van der Waals surface area contributed by atoms with Gasteiger partial charge in [0.25, 0.3) is 0 Å². The van der Waals surface area contributed by atoms with Gasteiger partial charge in [-0.05, 0) is 30.7 Å². The molecule has 0 saturated heterocycles. The Hall–Kier alpha value is -1.32. The third-order valence-electron chi connectivity index (χ3n) is 2.91. The van der Waals surface area contributed by atoms with E-state index < -0.39 is 0 Å². The zero-order valence-corrected chi connectivity index (χ0v) is 11.5. The van der Waals surface area contributed by atoms with Crippen LogP contribution in [0.4, 0.5) is 0 Å². The highest BCUT2D eigenvalue weighted by atomic mass is 35.5. The molecule has 2 aromatic rings. The second-order valence-electron chi connectivity index (χ2n) is 4.17. The summed E-state index contributed by atoms with van der Waals surface area (Å²) >= 11 is 6.29. The van der Waals surface area contributed by atoms with E-state index in [4.69, 9.17) is 11.6 Å². The van der Waals surface area contributed by atoms with Gasteiger partial charge in [-0.3, -0.25) is 4.68 Å². The van der Waals surface area contributed by atoms with Crippen LogP contribution in [-0.4, -0.2) is 16.3 Å². The van der Waals surface area contributed by atoms with Gasteiger partial charge in [0.2, 0.25) is 0 Å². The van der Waals surface area contributed by atoms with Crippen LogP contribution in [0, 0.1) is 0 Å². The lowest BCUT2D eigenvalue weighted by atomic mass is 10.1.